The number of aliphatic carboxylic acids is 1. The fourth-order valence-electron chi connectivity index (χ4n) is 1.28. The second-order valence-corrected chi connectivity index (χ2v) is 3.11. The summed E-state index contributed by atoms with van der Waals surface area (Å²) < 4.78 is 13.5. The molecule has 0 aliphatic carbocycles. The van der Waals surface area contributed by atoms with E-state index in [1.807, 2.05) is 0 Å². The lowest BCUT2D eigenvalue weighted by atomic mass is 10.2. The standard InChI is InChI=1S/C9H6FN3O3/c10-5-1-2-6-7(3-5)11-12-13(9(6)16)4-8(14)15/h1-3H,4H2,(H,14,15). The van der Waals surface area contributed by atoms with Gasteiger partial charge in [0.05, 0.1) is 5.39 Å². The molecule has 0 atom stereocenters. The largest absolute Gasteiger partial charge is 0.480 e. The first-order valence-corrected chi connectivity index (χ1v) is 4.33. The summed E-state index contributed by atoms with van der Waals surface area (Å²) in [5.41, 5.74) is -0.501. The van der Waals surface area contributed by atoms with E-state index in [4.69, 9.17) is 5.11 Å². The van der Waals surface area contributed by atoms with E-state index in [2.05, 4.69) is 10.3 Å². The SMILES string of the molecule is O=C(O)Cn1nnc2cc(F)ccc2c1=O. The molecule has 0 aliphatic rings. The molecule has 0 spiro atoms. The first-order chi connectivity index (χ1) is 7.58. The average molecular weight is 223 g/mol. The first-order valence-electron chi connectivity index (χ1n) is 4.33. The molecule has 16 heavy (non-hydrogen) atoms. The molecule has 6 nitrogen and oxygen atoms in total. The fraction of sp³-hybridized carbons (Fsp3) is 0.111. The Morgan fingerprint density at radius 1 is 1.50 bits per heavy atom. The zero-order valence-corrected chi connectivity index (χ0v) is 7.92. The van der Waals surface area contributed by atoms with Crippen LogP contribution in [-0.2, 0) is 11.3 Å². The Kier molecular flexibility index (Phi) is 2.35. The Labute approximate surface area is 87.9 Å². The third-order valence-corrected chi connectivity index (χ3v) is 1.97. The number of halogens is 1. The van der Waals surface area contributed by atoms with Gasteiger partial charge in [-0.15, -0.1) is 5.10 Å². The summed E-state index contributed by atoms with van der Waals surface area (Å²) in [5.74, 6) is -1.73. The lowest BCUT2D eigenvalue weighted by Gasteiger charge is -2.01. The Morgan fingerprint density at radius 2 is 2.25 bits per heavy atom. The molecule has 0 unspecified atom stereocenters. The van der Waals surface area contributed by atoms with Gasteiger partial charge in [0.1, 0.15) is 17.9 Å². The molecule has 1 heterocycles. The highest BCUT2D eigenvalue weighted by atomic mass is 19.1. The fourth-order valence-corrected chi connectivity index (χ4v) is 1.28. The molecule has 0 saturated heterocycles. The molecule has 1 aromatic heterocycles. The van der Waals surface area contributed by atoms with Crippen molar-refractivity contribution in [1.82, 2.24) is 15.0 Å². The molecule has 82 valence electrons. The van der Waals surface area contributed by atoms with Crippen LogP contribution in [0.3, 0.4) is 0 Å². The van der Waals surface area contributed by atoms with Gasteiger partial charge in [0.15, 0.2) is 0 Å². The molecule has 1 N–H and O–H groups in total. The Hall–Kier alpha value is -2.31. The average Bonchev–Trinajstić information content (AvgIpc) is 2.22. The molecule has 1 aromatic carbocycles. The number of nitrogens with zero attached hydrogens (tertiary/aromatic N) is 3. The lowest BCUT2D eigenvalue weighted by Crippen LogP contribution is -2.27. The van der Waals surface area contributed by atoms with E-state index in [-0.39, 0.29) is 10.9 Å². The van der Waals surface area contributed by atoms with Crippen molar-refractivity contribution in [3.63, 3.8) is 0 Å². The number of carboxylic acid groups (broad SMARTS) is 1. The predicted molar refractivity (Wildman–Crippen MR) is 51.4 cm³/mol. The molecule has 0 saturated carbocycles. The number of carbonyl (C=O) groups is 1. The van der Waals surface area contributed by atoms with Crippen LogP contribution in [-0.4, -0.2) is 26.1 Å². The van der Waals surface area contributed by atoms with Crippen molar-refractivity contribution in [1.29, 1.82) is 0 Å². The van der Waals surface area contributed by atoms with Crippen molar-refractivity contribution in [3.8, 4) is 0 Å². The Morgan fingerprint density at radius 3 is 2.94 bits per heavy atom. The van der Waals surface area contributed by atoms with Gasteiger partial charge in [-0.05, 0) is 12.1 Å². The van der Waals surface area contributed by atoms with Crippen LogP contribution in [0.1, 0.15) is 0 Å². The van der Waals surface area contributed by atoms with E-state index in [9.17, 15) is 14.0 Å². The van der Waals surface area contributed by atoms with Gasteiger partial charge in [-0.2, -0.15) is 4.68 Å². The molecule has 2 rings (SSSR count). The van der Waals surface area contributed by atoms with Crippen molar-refractivity contribution < 1.29 is 14.3 Å². The van der Waals surface area contributed by atoms with E-state index in [1.54, 1.807) is 0 Å². The third-order valence-electron chi connectivity index (χ3n) is 1.97. The lowest BCUT2D eigenvalue weighted by molar-refractivity contribution is -0.138. The molecule has 0 amide bonds. The summed E-state index contributed by atoms with van der Waals surface area (Å²) in [7, 11) is 0. The number of hydrogen-bond acceptors (Lipinski definition) is 4. The number of hydrogen-bond donors (Lipinski definition) is 1. The van der Waals surface area contributed by atoms with Gasteiger partial charge in [0.25, 0.3) is 5.56 Å². The topological polar surface area (TPSA) is 85.1 Å². The maximum Gasteiger partial charge on any atom is 0.325 e. The van der Waals surface area contributed by atoms with E-state index < -0.39 is 23.9 Å². The van der Waals surface area contributed by atoms with Gasteiger partial charge >= 0.3 is 5.97 Å². The number of carboxylic acids is 1. The molecule has 0 fully saturated rings. The van der Waals surface area contributed by atoms with Crippen LogP contribution in [0.15, 0.2) is 23.0 Å². The molecule has 0 radical (unpaired) electrons. The number of fused-ring (bicyclic) bond motifs is 1. The van der Waals surface area contributed by atoms with E-state index in [1.165, 1.54) is 6.07 Å². The molecular weight excluding hydrogens is 217 g/mol. The van der Waals surface area contributed by atoms with Crippen LogP contribution < -0.4 is 5.56 Å². The van der Waals surface area contributed by atoms with E-state index >= 15 is 0 Å². The maximum atomic E-state index is 12.8. The molecule has 0 aliphatic heterocycles. The predicted octanol–water partition coefficient (Wildman–Crippen LogP) is 0.0152. The zero-order chi connectivity index (χ0) is 11.7. The van der Waals surface area contributed by atoms with E-state index in [0.717, 1.165) is 12.1 Å². The summed E-state index contributed by atoms with van der Waals surface area (Å²) in [6, 6.07) is 3.42. The minimum atomic E-state index is -1.20. The van der Waals surface area contributed by atoms with Gasteiger partial charge < -0.3 is 5.11 Å². The van der Waals surface area contributed by atoms with Crippen LogP contribution in [0, 0.1) is 5.82 Å². The van der Waals surface area contributed by atoms with Gasteiger partial charge in [0, 0.05) is 6.07 Å². The van der Waals surface area contributed by atoms with Crippen LogP contribution in [0.25, 0.3) is 10.9 Å². The van der Waals surface area contributed by atoms with Crippen molar-refractivity contribution >= 4 is 16.9 Å². The van der Waals surface area contributed by atoms with Crippen LogP contribution >= 0.6 is 0 Å². The summed E-state index contributed by atoms with van der Waals surface area (Å²) in [4.78, 5) is 22.1. The monoisotopic (exact) mass is 223 g/mol. The Bertz CT molecular complexity index is 623. The summed E-state index contributed by atoms with van der Waals surface area (Å²) in [6.45, 7) is -0.570. The van der Waals surface area contributed by atoms with Crippen molar-refractivity contribution in [3.05, 3.63) is 34.4 Å². The van der Waals surface area contributed by atoms with Gasteiger partial charge in [-0.1, -0.05) is 5.21 Å². The Balaban J connectivity index is 2.66. The summed E-state index contributed by atoms with van der Waals surface area (Å²) in [5, 5.41) is 15.6. The minimum Gasteiger partial charge on any atom is -0.480 e. The third kappa shape index (κ3) is 1.74. The second-order valence-electron chi connectivity index (χ2n) is 3.11. The summed E-state index contributed by atoms with van der Waals surface area (Å²) in [6.07, 6.45) is 0. The van der Waals surface area contributed by atoms with Crippen molar-refractivity contribution in [2.24, 2.45) is 0 Å². The van der Waals surface area contributed by atoms with Crippen LogP contribution in [0.2, 0.25) is 0 Å². The highest BCUT2D eigenvalue weighted by Crippen LogP contribution is 2.07. The molecule has 0 bridgehead atoms. The summed E-state index contributed by atoms with van der Waals surface area (Å²) >= 11 is 0. The smallest absolute Gasteiger partial charge is 0.325 e. The molecule has 2 aromatic rings. The quantitative estimate of drug-likeness (QED) is 0.775. The number of aromatic nitrogens is 3. The molecule has 7 heteroatoms. The van der Waals surface area contributed by atoms with Crippen LogP contribution in [0.5, 0.6) is 0 Å². The zero-order valence-electron chi connectivity index (χ0n) is 7.92. The van der Waals surface area contributed by atoms with Gasteiger partial charge in [-0.3, -0.25) is 9.59 Å². The van der Waals surface area contributed by atoms with Gasteiger partial charge in [-0.25, -0.2) is 4.39 Å². The highest BCUT2D eigenvalue weighted by molar-refractivity contribution is 5.77. The second kappa shape index (κ2) is 3.69. The number of benzene rings is 1. The van der Waals surface area contributed by atoms with Crippen LogP contribution in [0.4, 0.5) is 4.39 Å². The minimum absolute atomic E-state index is 0.103. The molecular formula is C9H6FN3O3. The normalized spacial score (nSPS) is 10.6. The number of rotatable bonds is 2. The van der Waals surface area contributed by atoms with Crippen molar-refractivity contribution in [2.75, 3.05) is 0 Å². The van der Waals surface area contributed by atoms with Gasteiger partial charge in [0.2, 0.25) is 0 Å². The first kappa shape index (κ1) is 10.2. The maximum absolute atomic E-state index is 12.8. The van der Waals surface area contributed by atoms with Crippen molar-refractivity contribution in [2.45, 2.75) is 6.54 Å². The highest BCUT2D eigenvalue weighted by Gasteiger charge is 2.08. The van der Waals surface area contributed by atoms with E-state index in [0.29, 0.717) is 4.68 Å².